The molecule has 0 bridgehead atoms. The van der Waals surface area contributed by atoms with Crippen LogP contribution in [0, 0.1) is 0 Å². The van der Waals surface area contributed by atoms with Crippen LogP contribution in [0.25, 0.3) is 6.08 Å². The zero-order valence-electron chi connectivity index (χ0n) is 6.30. The molecule has 0 spiro atoms. The molecular weight excluding hydrogens is 162 g/mol. The summed E-state index contributed by atoms with van der Waals surface area (Å²) in [5.74, 6) is 0.783. The van der Waals surface area contributed by atoms with E-state index in [0.29, 0.717) is 5.22 Å². The smallest absolute Gasteiger partial charge is 0.193 e. The van der Waals surface area contributed by atoms with Crippen molar-refractivity contribution in [1.29, 1.82) is 0 Å². The lowest BCUT2D eigenvalue weighted by Gasteiger charge is -1.86. The van der Waals surface area contributed by atoms with Gasteiger partial charge in [-0.15, -0.1) is 0 Å². The van der Waals surface area contributed by atoms with E-state index in [0.717, 1.165) is 12.3 Å². The Labute approximate surface area is 70.8 Å². The summed E-state index contributed by atoms with van der Waals surface area (Å²) in [7, 11) is 1.89. The Morgan fingerprint density at radius 2 is 2.45 bits per heavy atom. The van der Waals surface area contributed by atoms with E-state index in [1.165, 1.54) is 0 Å². The first-order chi connectivity index (χ1) is 5.33. The number of hydrogen-bond donors (Lipinski definition) is 1. The van der Waals surface area contributed by atoms with E-state index < -0.39 is 0 Å². The minimum atomic E-state index is 0.425. The molecule has 3 heteroatoms. The van der Waals surface area contributed by atoms with Crippen molar-refractivity contribution in [3.8, 4) is 0 Å². The normalized spacial score (nSPS) is 11.1. The lowest BCUT2D eigenvalue weighted by molar-refractivity contribution is 0.559. The average Bonchev–Trinajstić information content (AvgIpc) is 2.37. The Kier molecular flexibility index (Phi) is 3.20. The van der Waals surface area contributed by atoms with Gasteiger partial charge >= 0.3 is 0 Å². The van der Waals surface area contributed by atoms with Crippen molar-refractivity contribution >= 4 is 17.7 Å². The lowest BCUT2D eigenvalue weighted by Crippen LogP contribution is -2.03. The first-order valence-corrected chi connectivity index (χ1v) is 3.77. The molecule has 0 aliphatic rings. The molecule has 0 aliphatic heterocycles. The molecule has 60 valence electrons. The summed E-state index contributed by atoms with van der Waals surface area (Å²) < 4.78 is 5.08. The second kappa shape index (κ2) is 4.21. The first-order valence-electron chi connectivity index (χ1n) is 3.39. The summed E-state index contributed by atoms with van der Waals surface area (Å²) in [5, 5.41) is 3.41. The number of likely N-dealkylation sites (N-methyl/N-ethyl adjacent to an activating group) is 1. The van der Waals surface area contributed by atoms with E-state index in [-0.39, 0.29) is 0 Å². The monoisotopic (exact) mass is 171 g/mol. The quantitative estimate of drug-likeness (QED) is 0.754. The van der Waals surface area contributed by atoms with Gasteiger partial charge in [-0.2, -0.15) is 0 Å². The Balaban J connectivity index is 2.50. The van der Waals surface area contributed by atoms with Crippen LogP contribution in [0.1, 0.15) is 5.76 Å². The molecule has 1 aromatic rings. The van der Waals surface area contributed by atoms with Gasteiger partial charge in [-0.05, 0) is 36.9 Å². The van der Waals surface area contributed by atoms with E-state index >= 15 is 0 Å². The molecule has 0 radical (unpaired) electrons. The molecule has 0 aliphatic carbocycles. The van der Waals surface area contributed by atoms with E-state index in [1.807, 2.05) is 25.3 Å². The summed E-state index contributed by atoms with van der Waals surface area (Å²) in [5.41, 5.74) is 0. The summed E-state index contributed by atoms with van der Waals surface area (Å²) in [6.07, 6.45) is 3.84. The maximum Gasteiger partial charge on any atom is 0.193 e. The van der Waals surface area contributed by atoms with E-state index in [9.17, 15) is 0 Å². The standard InChI is InChI=1S/C8H10ClNO/c1-10-6-2-3-7-4-5-8(9)11-7/h2-5,10H,6H2,1H3. The number of rotatable bonds is 3. The lowest BCUT2D eigenvalue weighted by atomic mass is 10.4. The summed E-state index contributed by atoms with van der Waals surface area (Å²) in [4.78, 5) is 0. The highest BCUT2D eigenvalue weighted by Crippen LogP contribution is 2.13. The van der Waals surface area contributed by atoms with Crippen LogP contribution in [0.4, 0.5) is 0 Å². The number of nitrogens with one attached hydrogen (secondary N) is 1. The van der Waals surface area contributed by atoms with Gasteiger partial charge in [0.2, 0.25) is 0 Å². The van der Waals surface area contributed by atoms with Crippen LogP contribution in [0.15, 0.2) is 22.6 Å². The molecule has 0 saturated carbocycles. The molecule has 1 N–H and O–H groups in total. The predicted octanol–water partition coefficient (Wildman–Crippen LogP) is 2.17. The van der Waals surface area contributed by atoms with Crippen LogP contribution < -0.4 is 5.32 Å². The third kappa shape index (κ3) is 2.78. The molecular formula is C8H10ClNO. The Bertz CT molecular complexity index is 242. The summed E-state index contributed by atoms with van der Waals surface area (Å²) in [6, 6.07) is 3.55. The molecule has 2 nitrogen and oxygen atoms in total. The van der Waals surface area contributed by atoms with E-state index in [1.54, 1.807) is 6.07 Å². The Hall–Kier alpha value is -0.730. The fourth-order valence-electron chi connectivity index (χ4n) is 0.711. The fourth-order valence-corrected chi connectivity index (χ4v) is 0.863. The third-order valence-electron chi connectivity index (χ3n) is 1.20. The molecule has 0 fully saturated rings. The van der Waals surface area contributed by atoms with Crippen molar-refractivity contribution < 1.29 is 4.42 Å². The third-order valence-corrected chi connectivity index (χ3v) is 1.40. The molecule has 0 saturated heterocycles. The first kappa shape index (κ1) is 8.37. The fraction of sp³-hybridized carbons (Fsp3) is 0.250. The Morgan fingerprint density at radius 1 is 1.64 bits per heavy atom. The molecule has 11 heavy (non-hydrogen) atoms. The maximum absolute atomic E-state index is 5.56. The number of furan rings is 1. The van der Waals surface area contributed by atoms with Gasteiger partial charge in [0, 0.05) is 6.54 Å². The molecule has 0 aromatic carbocycles. The van der Waals surface area contributed by atoms with Crippen molar-refractivity contribution in [2.75, 3.05) is 13.6 Å². The molecule has 1 rings (SSSR count). The minimum absolute atomic E-state index is 0.425. The highest BCUT2D eigenvalue weighted by molar-refractivity contribution is 6.28. The molecule has 0 amide bonds. The summed E-state index contributed by atoms with van der Waals surface area (Å²) in [6.45, 7) is 0.832. The average molecular weight is 172 g/mol. The highest BCUT2D eigenvalue weighted by atomic mass is 35.5. The second-order valence-electron chi connectivity index (χ2n) is 2.10. The van der Waals surface area contributed by atoms with Crippen molar-refractivity contribution in [3.63, 3.8) is 0 Å². The van der Waals surface area contributed by atoms with E-state index in [4.69, 9.17) is 16.0 Å². The van der Waals surface area contributed by atoms with Crippen molar-refractivity contribution in [2.45, 2.75) is 0 Å². The van der Waals surface area contributed by atoms with Crippen molar-refractivity contribution in [3.05, 3.63) is 29.2 Å². The Morgan fingerprint density at radius 3 is 3.00 bits per heavy atom. The molecule has 0 unspecified atom stereocenters. The number of halogens is 1. The van der Waals surface area contributed by atoms with Gasteiger partial charge in [0.05, 0.1) is 0 Å². The zero-order chi connectivity index (χ0) is 8.10. The van der Waals surface area contributed by atoms with Gasteiger partial charge in [-0.1, -0.05) is 6.08 Å². The van der Waals surface area contributed by atoms with Crippen LogP contribution in [-0.4, -0.2) is 13.6 Å². The topological polar surface area (TPSA) is 25.2 Å². The van der Waals surface area contributed by atoms with Gasteiger partial charge in [0.15, 0.2) is 5.22 Å². The SMILES string of the molecule is CNCC=Cc1ccc(Cl)o1. The van der Waals surface area contributed by atoms with Crippen LogP contribution in [0.3, 0.4) is 0 Å². The van der Waals surface area contributed by atoms with Crippen LogP contribution in [0.5, 0.6) is 0 Å². The molecule has 1 heterocycles. The zero-order valence-corrected chi connectivity index (χ0v) is 7.06. The van der Waals surface area contributed by atoms with Crippen molar-refractivity contribution in [1.82, 2.24) is 5.32 Å². The second-order valence-corrected chi connectivity index (χ2v) is 2.47. The van der Waals surface area contributed by atoms with E-state index in [2.05, 4.69) is 5.32 Å². The van der Waals surface area contributed by atoms with Gasteiger partial charge < -0.3 is 9.73 Å². The molecule has 0 atom stereocenters. The predicted molar refractivity (Wildman–Crippen MR) is 46.7 cm³/mol. The van der Waals surface area contributed by atoms with Gasteiger partial charge in [-0.3, -0.25) is 0 Å². The molecule has 1 aromatic heterocycles. The van der Waals surface area contributed by atoms with Crippen LogP contribution in [-0.2, 0) is 0 Å². The van der Waals surface area contributed by atoms with Crippen molar-refractivity contribution in [2.24, 2.45) is 0 Å². The summed E-state index contributed by atoms with van der Waals surface area (Å²) >= 11 is 5.56. The van der Waals surface area contributed by atoms with Gasteiger partial charge in [0.25, 0.3) is 0 Å². The number of hydrogen-bond acceptors (Lipinski definition) is 2. The largest absolute Gasteiger partial charge is 0.445 e. The van der Waals surface area contributed by atoms with Crippen LogP contribution in [0.2, 0.25) is 5.22 Å². The highest BCUT2D eigenvalue weighted by Gasteiger charge is 1.92. The maximum atomic E-state index is 5.56. The van der Waals surface area contributed by atoms with Crippen LogP contribution >= 0.6 is 11.6 Å². The van der Waals surface area contributed by atoms with Gasteiger partial charge in [0.1, 0.15) is 5.76 Å². The minimum Gasteiger partial charge on any atom is -0.445 e. The van der Waals surface area contributed by atoms with Gasteiger partial charge in [-0.25, -0.2) is 0 Å².